The molecule has 3 rings (SSSR count). The van der Waals surface area contributed by atoms with Crippen molar-refractivity contribution < 1.29 is 23.1 Å². The zero-order chi connectivity index (χ0) is 17.3. The highest BCUT2D eigenvalue weighted by Crippen LogP contribution is 2.34. The predicted molar refractivity (Wildman–Crippen MR) is 82.7 cm³/mol. The van der Waals surface area contributed by atoms with Crippen molar-refractivity contribution in [3.63, 3.8) is 0 Å². The summed E-state index contributed by atoms with van der Waals surface area (Å²) in [5.74, 6) is -1.22. The number of carboxylic acid groups (broad SMARTS) is 1. The van der Waals surface area contributed by atoms with Gasteiger partial charge in [0.05, 0.1) is 11.1 Å². The van der Waals surface area contributed by atoms with E-state index < -0.39 is 17.7 Å². The largest absolute Gasteiger partial charge is 0.478 e. The molecule has 2 aromatic heterocycles. The average Bonchev–Trinajstić information content (AvgIpc) is 3.07. The molecular weight excluding hydrogens is 341 g/mol. The van der Waals surface area contributed by atoms with Crippen molar-refractivity contribution >= 4 is 17.3 Å². The number of aromatic carboxylic acids is 1. The Morgan fingerprint density at radius 2 is 1.75 bits per heavy atom. The third kappa shape index (κ3) is 3.00. The number of aromatic nitrogens is 2. The van der Waals surface area contributed by atoms with Crippen LogP contribution in [0.2, 0.25) is 0 Å². The zero-order valence-electron chi connectivity index (χ0n) is 11.9. The summed E-state index contributed by atoms with van der Waals surface area (Å²) >= 11 is 1.23. The lowest BCUT2D eigenvalue weighted by molar-refractivity contribution is -0.137. The Bertz CT molecular complexity index is 875. The van der Waals surface area contributed by atoms with Gasteiger partial charge in [0.25, 0.3) is 0 Å². The first-order valence-corrected chi connectivity index (χ1v) is 7.55. The van der Waals surface area contributed by atoms with Gasteiger partial charge in [-0.05, 0) is 23.8 Å². The molecule has 8 heteroatoms. The highest BCUT2D eigenvalue weighted by molar-refractivity contribution is 7.13. The van der Waals surface area contributed by atoms with Gasteiger partial charge in [0.2, 0.25) is 0 Å². The Morgan fingerprint density at radius 1 is 1.04 bits per heavy atom. The summed E-state index contributed by atoms with van der Waals surface area (Å²) in [6.45, 7) is 0. The highest BCUT2D eigenvalue weighted by Gasteiger charge is 2.30. The Kier molecular flexibility index (Phi) is 4.06. The molecule has 0 aliphatic carbocycles. The molecule has 1 N–H and O–H groups in total. The normalized spacial score (nSPS) is 11.5. The predicted octanol–water partition coefficient (Wildman–Crippen LogP) is 4.59. The quantitative estimate of drug-likeness (QED) is 0.750. The van der Waals surface area contributed by atoms with E-state index in [2.05, 4.69) is 9.97 Å². The summed E-state index contributed by atoms with van der Waals surface area (Å²) in [7, 11) is 0. The second-order valence-corrected chi connectivity index (χ2v) is 5.69. The van der Waals surface area contributed by atoms with Gasteiger partial charge in [-0.15, -0.1) is 11.3 Å². The van der Waals surface area contributed by atoms with Gasteiger partial charge in [0, 0.05) is 23.3 Å². The Hall–Kier alpha value is -2.74. The van der Waals surface area contributed by atoms with Crippen LogP contribution in [0.1, 0.15) is 15.9 Å². The van der Waals surface area contributed by atoms with Gasteiger partial charge in [0.1, 0.15) is 10.7 Å². The fourth-order valence-corrected chi connectivity index (χ4v) is 2.90. The molecule has 2 heterocycles. The van der Waals surface area contributed by atoms with E-state index in [9.17, 15) is 23.1 Å². The summed E-state index contributed by atoms with van der Waals surface area (Å²) in [4.78, 5) is 19.8. The first-order valence-electron chi connectivity index (χ1n) is 6.67. The van der Waals surface area contributed by atoms with Gasteiger partial charge in [-0.2, -0.15) is 13.2 Å². The van der Waals surface area contributed by atoms with Crippen LogP contribution < -0.4 is 0 Å². The molecule has 0 fully saturated rings. The van der Waals surface area contributed by atoms with Crippen LogP contribution >= 0.6 is 11.3 Å². The van der Waals surface area contributed by atoms with Crippen molar-refractivity contribution in [3.8, 4) is 21.8 Å². The molecule has 0 saturated carbocycles. The van der Waals surface area contributed by atoms with Gasteiger partial charge >= 0.3 is 12.1 Å². The molecule has 122 valence electrons. The average molecular weight is 350 g/mol. The summed E-state index contributed by atoms with van der Waals surface area (Å²) in [6, 6.07) is 5.80. The highest BCUT2D eigenvalue weighted by atomic mass is 32.1. The van der Waals surface area contributed by atoms with E-state index in [4.69, 9.17) is 0 Å². The number of hydrogen-bond donors (Lipinski definition) is 1. The summed E-state index contributed by atoms with van der Waals surface area (Å²) in [5, 5.41) is 11.7. The second-order valence-electron chi connectivity index (χ2n) is 4.80. The van der Waals surface area contributed by atoms with Gasteiger partial charge in [-0.3, -0.25) is 4.98 Å². The van der Waals surface area contributed by atoms with Crippen molar-refractivity contribution in [2.45, 2.75) is 6.18 Å². The van der Waals surface area contributed by atoms with Crippen LogP contribution in [0.4, 0.5) is 13.2 Å². The molecule has 0 amide bonds. The summed E-state index contributed by atoms with van der Waals surface area (Å²) < 4.78 is 38.0. The van der Waals surface area contributed by atoms with Gasteiger partial charge in [0.15, 0.2) is 0 Å². The maximum atomic E-state index is 12.7. The van der Waals surface area contributed by atoms with E-state index in [1.807, 2.05) is 0 Å². The molecule has 0 aliphatic heterocycles. The maximum absolute atomic E-state index is 12.7. The number of pyridine rings is 1. The monoisotopic (exact) mass is 350 g/mol. The molecule has 24 heavy (non-hydrogen) atoms. The molecule has 0 atom stereocenters. The molecule has 3 aromatic rings. The Labute approximate surface area is 138 Å². The molecule has 0 spiro atoms. The third-order valence-corrected chi connectivity index (χ3v) is 4.10. The number of alkyl halides is 3. The topological polar surface area (TPSA) is 63.1 Å². The first-order chi connectivity index (χ1) is 11.4. The lowest BCUT2D eigenvalue weighted by Crippen LogP contribution is -2.06. The number of hydrogen-bond acceptors (Lipinski definition) is 4. The lowest BCUT2D eigenvalue weighted by atomic mass is 9.98. The van der Waals surface area contributed by atoms with Gasteiger partial charge < -0.3 is 5.11 Å². The standard InChI is InChI=1S/C16H9F3N2O2S/c17-16(18,19)10-3-1-9(2-4-10)11-5-6-20-13(12(11)15(22)23)14-21-7-8-24-14/h1-8H,(H,22,23). The first kappa shape index (κ1) is 16.1. The summed E-state index contributed by atoms with van der Waals surface area (Å²) in [6.07, 6.45) is -1.51. The van der Waals surface area contributed by atoms with Crippen LogP contribution in [0.3, 0.4) is 0 Å². The summed E-state index contributed by atoms with van der Waals surface area (Å²) in [5.41, 5.74) is -0.0449. The minimum Gasteiger partial charge on any atom is -0.478 e. The molecular formula is C16H9F3N2O2S. The van der Waals surface area contributed by atoms with E-state index in [1.165, 1.54) is 41.9 Å². The fraction of sp³-hybridized carbons (Fsp3) is 0.0625. The number of carbonyl (C=O) groups is 1. The van der Waals surface area contributed by atoms with Crippen LogP contribution in [0, 0.1) is 0 Å². The second kappa shape index (κ2) is 6.04. The number of benzene rings is 1. The van der Waals surface area contributed by atoms with Gasteiger partial charge in [-0.1, -0.05) is 12.1 Å². The van der Waals surface area contributed by atoms with Crippen molar-refractivity contribution in [1.82, 2.24) is 9.97 Å². The van der Waals surface area contributed by atoms with Crippen LogP contribution in [0.15, 0.2) is 48.1 Å². The number of thiazole rings is 1. The molecule has 0 radical (unpaired) electrons. The molecule has 0 saturated heterocycles. The third-order valence-electron chi connectivity index (χ3n) is 3.32. The van der Waals surface area contributed by atoms with E-state index in [0.717, 1.165) is 12.1 Å². The number of rotatable bonds is 3. The van der Waals surface area contributed by atoms with Crippen LogP contribution in [0.5, 0.6) is 0 Å². The SMILES string of the molecule is O=C(O)c1c(-c2ccc(C(F)(F)F)cc2)ccnc1-c1nccs1. The van der Waals surface area contributed by atoms with Crippen molar-refractivity contribution in [1.29, 1.82) is 0 Å². The lowest BCUT2D eigenvalue weighted by Gasteiger charge is -2.11. The van der Waals surface area contributed by atoms with Crippen molar-refractivity contribution in [2.75, 3.05) is 0 Å². The number of halogens is 3. The molecule has 0 unspecified atom stereocenters. The van der Waals surface area contributed by atoms with E-state index >= 15 is 0 Å². The van der Waals surface area contributed by atoms with Gasteiger partial charge in [-0.25, -0.2) is 9.78 Å². The van der Waals surface area contributed by atoms with Crippen molar-refractivity contribution in [2.24, 2.45) is 0 Å². The van der Waals surface area contributed by atoms with E-state index in [1.54, 1.807) is 5.38 Å². The van der Waals surface area contributed by atoms with E-state index in [-0.39, 0.29) is 16.8 Å². The van der Waals surface area contributed by atoms with Crippen LogP contribution in [-0.2, 0) is 6.18 Å². The molecule has 0 bridgehead atoms. The minimum absolute atomic E-state index is 0.0905. The van der Waals surface area contributed by atoms with Crippen LogP contribution in [-0.4, -0.2) is 21.0 Å². The molecule has 1 aromatic carbocycles. The number of nitrogens with zero attached hydrogens (tertiary/aromatic N) is 2. The Balaban J connectivity index is 2.15. The van der Waals surface area contributed by atoms with Crippen molar-refractivity contribution in [3.05, 3.63) is 59.2 Å². The zero-order valence-corrected chi connectivity index (χ0v) is 12.7. The Morgan fingerprint density at radius 3 is 2.29 bits per heavy atom. The minimum atomic E-state index is -4.45. The molecule has 0 aliphatic rings. The smallest absolute Gasteiger partial charge is 0.416 e. The van der Waals surface area contributed by atoms with E-state index in [0.29, 0.717) is 10.6 Å². The maximum Gasteiger partial charge on any atom is 0.416 e. The number of carboxylic acids is 1. The fourth-order valence-electron chi connectivity index (χ4n) is 2.26. The molecule has 4 nitrogen and oxygen atoms in total. The van der Waals surface area contributed by atoms with Crippen LogP contribution in [0.25, 0.3) is 21.8 Å².